The van der Waals surface area contributed by atoms with Gasteiger partial charge in [-0.15, -0.1) is 0 Å². The standard InChI is InChI=1S/C14H30N2O/c1-6-12(3)15-9-13(4)16-8-7-11(2)14(10-16)17-5/h11-15H,6-10H2,1-5H3. The smallest absolute Gasteiger partial charge is 0.0724 e. The van der Waals surface area contributed by atoms with Crippen LogP contribution in [0.25, 0.3) is 0 Å². The second kappa shape index (κ2) is 7.34. The summed E-state index contributed by atoms with van der Waals surface area (Å²) in [6.07, 6.45) is 2.87. The highest BCUT2D eigenvalue weighted by atomic mass is 16.5. The number of nitrogens with one attached hydrogen (secondary N) is 1. The third kappa shape index (κ3) is 4.57. The minimum Gasteiger partial charge on any atom is -0.380 e. The zero-order valence-corrected chi connectivity index (χ0v) is 12.2. The Kier molecular flexibility index (Phi) is 6.45. The number of piperidine rings is 1. The van der Waals surface area contributed by atoms with E-state index < -0.39 is 0 Å². The van der Waals surface area contributed by atoms with Crippen molar-refractivity contribution in [2.75, 3.05) is 26.7 Å². The molecule has 0 radical (unpaired) electrons. The lowest BCUT2D eigenvalue weighted by Crippen LogP contribution is -2.51. The Morgan fingerprint density at radius 3 is 2.71 bits per heavy atom. The van der Waals surface area contributed by atoms with E-state index in [4.69, 9.17) is 4.74 Å². The Morgan fingerprint density at radius 1 is 1.41 bits per heavy atom. The minimum atomic E-state index is 0.412. The lowest BCUT2D eigenvalue weighted by Gasteiger charge is -2.39. The molecule has 0 aromatic heterocycles. The quantitative estimate of drug-likeness (QED) is 0.772. The fourth-order valence-corrected chi connectivity index (χ4v) is 2.41. The van der Waals surface area contributed by atoms with Crippen LogP contribution in [-0.2, 0) is 4.74 Å². The zero-order chi connectivity index (χ0) is 12.8. The van der Waals surface area contributed by atoms with Crippen LogP contribution in [0.15, 0.2) is 0 Å². The van der Waals surface area contributed by atoms with Crippen molar-refractivity contribution in [2.45, 2.75) is 58.7 Å². The van der Waals surface area contributed by atoms with Crippen LogP contribution in [0, 0.1) is 5.92 Å². The van der Waals surface area contributed by atoms with Crippen molar-refractivity contribution in [2.24, 2.45) is 5.92 Å². The molecule has 0 spiro atoms. The lowest BCUT2D eigenvalue weighted by atomic mass is 9.95. The molecule has 1 aliphatic heterocycles. The monoisotopic (exact) mass is 242 g/mol. The molecule has 0 aromatic rings. The number of methoxy groups -OCH3 is 1. The maximum atomic E-state index is 5.57. The predicted molar refractivity (Wildman–Crippen MR) is 73.4 cm³/mol. The lowest BCUT2D eigenvalue weighted by molar-refractivity contribution is -0.0166. The number of hydrogen-bond acceptors (Lipinski definition) is 3. The largest absolute Gasteiger partial charge is 0.380 e. The number of nitrogens with zero attached hydrogens (tertiary/aromatic N) is 1. The first-order valence-electron chi connectivity index (χ1n) is 7.08. The highest BCUT2D eigenvalue weighted by Gasteiger charge is 2.28. The molecule has 0 amide bonds. The normalized spacial score (nSPS) is 30.2. The van der Waals surface area contributed by atoms with Crippen LogP contribution in [0.3, 0.4) is 0 Å². The number of rotatable bonds is 6. The molecule has 1 rings (SSSR count). The van der Waals surface area contributed by atoms with Gasteiger partial charge < -0.3 is 10.1 Å². The van der Waals surface area contributed by atoms with Crippen LogP contribution in [0.2, 0.25) is 0 Å². The van der Waals surface area contributed by atoms with Gasteiger partial charge in [0.2, 0.25) is 0 Å². The van der Waals surface area contributed by atoms with Crippen LogP contribution in [0.1, 0.15) is 40.5 Å². The van der Waals surface area contributed by atoms with E-state index in [-0.39, 0.29) is 0 Å². The molecule has 17 heavy (non-hydrogen) atoms. The number of ether oxygens (including phenoxy) is 1. The molecule has 4 unspecified atom stereocenters. The Hall–Kier alpha value is -0.120. The van der Waals surface area contributed by atoms with Gasteiger partial charge in [-0.1, -0.05) is 13.8 Å². The van der Waals surface area contributed by atoms with Gasteiger partial charge in [0.25, 0.3) is 0 Å². The zero-order valence-electron chi connectivity index (χ0n) is 12.2. The molecule has 1 saturated heterocycles. The Labute approximate surface area is 107 Å². The molecule has 3 nitrogen and oxygen atoms in total. The van der Waals surface area contributed by atoms with Gasteiger partial charge in [0, 0.05) is 32.3 Å². The Bertz CT molecular complexity index is 210. The summed E-state index contributed by atoms with van der Waals surface area (Å²) in [6, 6.07) is 1.23. The molecule has 1 aliphatic rings. The first-order chi connectivity index (χ1) is 8.08. The van der Waals surface area contributed by atoms with E-state index in [9.17, 15) is 0 Å². The third-order valence-corrected chi connectivity index (χ3v) is 4.22. The van der Waals surface area contributed by atoms with Crippen LogP contribution >= 0.6 is 0 Å². The van der Waals surface area contributed by atoms with E-state index >= 15 is 0 Å². The highest BCUT2D eigenvalue weighted by Crippen LogP contribution is 2.20. The topological polar surface area (TPSA) is 24.5 Å². The average molecular weight is 242 g/mol. The van der Waals surface area contributed by atoms with E-state index in [1.54, 1.807) is 0 Å². The van der Waals surface area contributed by atoms with Gasteiger partial charge in [-0.3, -0.25) is 4.90 Å². The molecule has 102 valence electrons. The van der Waals surface area contributed by atoms with Crippen LogP contribution in [0.5, 0.6) is 0 Å². The molecule has 0 saturated carbocycles. The molecule has 0 bridgehead atoms. The second-order valence-corrected chi connectivity index (χ2v) is 5.60. The average Bonchev–Trinajstić information content (AvgIpc) is 2.35. The second-order valence-electron chi connectivity index (χ2n) is 5.60. The van der Waals surface area contributed by atoms with E-state index in [1.165, 1.54) is 19.4 Å². The first kappa shape index (κ1) is 14.9. The maximum absolute atomic E-state index is 5.57. The Balaban J connectivity index is 2.34. The van der Waals surface area contributed by atoms with Gasteiger partial charge in [-0.25, -0.2) is 0 Å². The van der Waals surface area contributed by atoms with Gasteiger partial charge in [0.1, 0.15) is 0 Å². The third-order valence-electron chi connectivity index (χ3n) is 4.22. The van der Waals surface area contributed by atoms with Crippen LogP contribution in [0.4, 0.5) is 0 Å². The molecular weight excluding hydrogens is 212 g/mol. The summed E-state index contributed by atoms with van der Waals surface area (Å²) < 4.78 is 5.57. The number of hydrogen-bond donors (Lipinski definition) is 1. The van der Waals surface area contributed by atoms with Gasteiger partial charge in [0.05, 0.1) is 6.10 Å². The van der Waals surface area contributed by atoms with Crippen molar-refractivity contribution in [3.8, 4) is 0 Å². The molecule has 1 fully saturated rings. The predicted octanol–water partition coefficient (Wildman–Crippen LogP) is 2.12. The summed E-state index contributed by atoms with van der Waals surface area (Å²) in [5.41, 5.74) is 0. The van der Waals surface area contributed by atoms with E-state index in [0.29, 0.717) is 24.1 Å². The van der Waals surface area contributed by atoms with Crippen molar-refractivity contribution < 1.29 is 4.74 Å². The van der Waals surface area contributed by atoms with Crippen molar-refractivity contribution in [3.05, 3.63) is 0 Å². The van der Waals surface area contributed by atoms with E-state index in [0.717, 1.165) is 13.1 Å². The van der Waals surface area contributed by atoms with Gasteiger partial charge in [0.15, 0.2) is 0 Å². The number of likely N-dealkylation sites (tertiary alicyclic amines) is 1. The van der Waals surface area contributed by atoms with Crippen molar-refractivity contribution in [3.63, 3.8) is 0 Å². The van der Waals surface area contributed by atoms with Crippen molar-refractivity contribution in [1.29, 1.82) is 0 Å². The van der Waals surface area contributed by atoms with E-state index in [1.807, 2.05) is 7.11 Å². The molecule has 3 heteroatoms. The van der Waals surface area contributed by atoms with Crippen molar-refractivity contribution in [1.82, 2.24) is 10.2 Å². The summed E-state index contributed by atoms with van der Waals surface area (Å²) in [5, 5.41) is 3.59. The Morgan fingerprint density at radius 2 is 2.12 bits per heavy atom. The van der Waals surface area contributed by atoms with Crippen LogP contribution in [-0.4, -0.2) is 49.8 Å². The SMILES string of the molecule is CCC(C)NCC(C)N1CCC(C)C(OC)C1. The highest BCUT2D eigenvalue weighted by molar-refractivity contribution is 4.82. The molecule has 0 aliphatic carbocycles. The van der Waals surface area contributed by atoms with Crippen LogP contribution < -0.4 is 5.32 Å². The molecule has 0 aromatic carbocycles. The van der Waals surface area contributed by atoms with E-state index in [2.05, 4.69) is 37.9 Å². The van der Waals surface area contributed by atoms with Crippen molar-refractivity contribution >= 4 is 0 Å². The van der Waals surface area contributed by atoms with Gasteiger partial charge in [-0.05, 0) is 39.2 Å². The summed E-state index contributed by atoms with van der Waals surface area (Å²) >= 11 is 0. The summed E-state index contributed by atoms with van der Waals surface area (Å²) in [6.45, 7) is 12.5. The first-order valence-corrected chi connectivity index (χ1v) is 7.08. The molecule has 4 atom stereocenters. The summed E-state index contributed by atoms with van der Waals surface area (Å²) in [7, 11) is 1.84. The van der Waals surface area contributed by atoms with Gasteiger partial charge >= 0.3 is 0 Å². The molecular formula is C14H30N2O. The fourth-order valence-electron chi connectivity index (χ4n) is 2.41. The summed E-state index contributed by atoms with van der Waals surface area (Å²) in [5.74, 6) is 0.700. The molecule has 1 N–H and O–H groups in total. The fraction of sp³-hybridized carbons (Fsp3) is 1.00. The summed E-state index contributed by atoms with van der Waals surface area (Å²) in [4.78, 5) is 2.56. The van der Waals surface area contributed by atoms with Gasteiger partial charge in [-0.2, -0.15) is 0 Å². The maximum Gasteiger partial charge on any atom is 0.0724 e. The molecule has 1 heterocycles. The minimum absolute atomic E-state index is 0.412.